The van der Waals surface area contributed by atoms with Gasteiger partial charge in [0, 0.05) is 32.8 Å². The van der Waals surface area contributed by atoms with E-state index in [1.807, 2.05) is 6.07 Å². The summed E-state index contributed by atoms with van der Waals surface area (Å²) in [6.45, 7) is 0. The molecule has 1 heterocycles. The summed E-state index contributed by atoms with van der Waals surface area (Å²) < 4.78 is 6.68. The van der Waals surface area contributed by atoms with Crippen molar-refractivity contribution in [1.82, 2.24) is 0 Å². The molecule has 15 rings (SSSR count). The molecule has 3 aliphatic carbocycles. The van der Waals surface area contributed by atoms with Crippen LogP contribution in [-0.2, 0) is 5.41 Å². The topological polar surface area (TPSA) is 16.4 Å². The highest BCUT2D eigenvalue weighted by molar-refractivity contribution is 6.21. The largest absolute Gasteiger partial charge is 0.455 e. The second-order valence-electron chi connectivity index (χ2n) is 17.8. The van der Waals surface area contributed by atoms with Gasteiger partial charge in [0.15, 0.2) is 0 Å². The number of benzene rings is 11. The Morgan fingerprint density at radius 3 is 1.63 bits per heavy atom. The van der Waals surface area contributed by atoms with Crippen molar-refractivity contribution in [3.63, 3.8) is 0 Å². The lowest BCUT2D eigenvalue weighted by atomic mass is 9.70. The molecule has 0 amide bonds. The summed E-state index contributed by atoms with van der Waals surface area (Å²) in [6, 6.07) is 83.4. The molecule has 0 N–H and O–H groups in total. The van der Waals surface area contributed by atoms with E-state index in [9.17, 15) is 0 Å². The number of anilines is 3. The second kappa shape index (κ2) is 12.8. The number of nitrogens with zero attached hydrogens (tertiary/aromatic N) is 1. The summed E-state index contributed by atoms with van der Waals surface area (Å²) in [4.78, 5) is 2.60. The van der Waals surface area contributed by atoms with E-state index in [0.29, 0.717) is 0 Å². The maximum atomic E-state index is 6.68. The maximum Gasteiger partial charge on any atom is 0.143 e. The predicted octanol–water partition coefficient (Wildman–Crippen LogP) is 17.0. The first kappa shape index (κ1) is 35.1. The number of para-hydroxylation sites is 2. The Hall–Kier alpha value is -8.46. The predicted molar refractivity (Wildman–Crippen MR) is 270 cm³/mol. The highest BCUT2D eigenvalue weighted by Crippen LogP contribution is 2.65. The van der Waals surface area contributed by atoms with Crippen molar-refractivity contribution >= 4 is 60.5 Å². The van der Waals surface area contributed by atoms with Gasteiger partial charge in [-0.2, -0.15) is 0 Å². The highest BCUT2D eigenvalue weighted by atomic mass is 16.3. The maximum absolute atomic E-state index is 6.68. The lowest BCUT2D eigenvalue weighted by molar-refractivity contribution is 0.670. The molecule has 0 aliphatic heterocycles. The molecule has 1 aromatic heterocycles. The summed E-state index contributed by atoms with van der Waals surface area (Å²) >= 11 is 0. The third-order valence-corrected chi connectivity index (χ3v) is 14.8. The third-order valence-electron chi connectivity index (χ3n) is 14.8. The zero-order valence-corrected chi connectivity index (χ0v) is 35.2. The van der Waals surface area contributed by atoms with Crippen LogP contribution in [0.4, 0.5) is 17.1 Å². The first-order valence-corrected chi connectivity index (χ1v) is 22.6. The molecule has 0 saturated carbocycles. The number of furan rings is 1. The molecule has 0 radical (unpaired) electrons. The minimum Gasteiger partial charge on any atom is -0.455 e. The van der Waals surface area contributed by atoms with Crippen LogP contribution in [-0.4, -0.2) is 0 Å². The van der Waals surface area contributed by atoms with Gasteiger partial charge in [0.05, 0.1) is 22.5 Å². The van der Waals surface area contributed by atoms with Crippen LogP contribution in [0.15, 0.2) is 229 Å². The van der Waals surface area contributed by atoms with Gasteiger partial charge in [-0.1, -0.05) is 200 Å². The fourth-order valence-corrected chi connectivity index (χ4v) is 12.4. The first-order chi connectivity index (χ1) is 32.3. The van der Waals surface area contributed by atoms with Gasteiger partial charge in [0.25, 0.3) is 0 Å². The molecule has 0 bridgehead atoms. The first-order valence-electron chi connectivity index (χ1n) is 22.6. The molecule has 300 valence electrons. The zero-order chi connectivity index (χ0) is 42.4. The van der Waals surface area contributed by atoms with Crippen molar-refractivity contribution in [2.24, 2.45) is 0 Å². The van der Waals surface area contributed by atoms with Gasteiger partial charge in [-0.25, -0.2) is 0 Å². The fraction of sp³-hybridized carbons (Fsp3) is 0.0159. The molecule has 2 heteroatoms. The Labute approximate surface area is 375 Å². The van der Waals surface area contributed by atoms with Crippen molar-refractivity contribution in [2.45, 2.75) is 5.41 Å². The van der Waals surface area contributed by atoms with Crippen molar-refractivity contribution < 1.29 is 4.42 Å². The van der Waals surface area contributed by atoms with Gasteiger partial charge in [-0.3, -0.25) is 0 Å². The van der Waals surface area contributed by atoms with Crippen LogP contribution < -0.4 is 4.90 Å². The summed E-state index contributed by atoms with van der Waals surface area (Å²) in [5.74, 6) is 0. The van der Waals surface area contributed by atoms with Crippen LogP contribution >= 0.6 is 0 Å². The van der Waals surface area contributed by atoms with E-state index in [1.54, 1.807) is 0 Å². The van der Waals surface area contributed by atoms with E-state index in [4.69, 9.17) is 4.42 Å². The van der Waals surface area contributed by atoms with Gasteiger partial charge in [-0.15, -0.1) is 0 Å². The molecule has 0 unspecified atom stereocenters. The Bertz CT molecular complexity index is 3990. The minimum atomic E-state index is -0.474. The Balaban J connectivity index is 1.06. The normalized spacial score (nSPS) is 13.4. The molecule has 11 aromatic carbocycles. The summed E-state index contributed by atoms with van der Waals surface area (Å²) in [7, 11) is 0. The van der Waals surface area contributed by atoms with Crippen molar-refractivity contribution in [3.8, 4) is 55.6 Å². The second-order valence-corrected chi connectivity index (χ2v) is 17.8. The zero-order valence-electron chi connectivity index (χ0n) is 35.2. The molecule has 0 fully saturated rings. The van der Waals surface area contributed by atoms with E-state index < -0.39 is 5.41 Å². The van der Waals surface area contributed by atoms with Crippen LogP contribution in [0.2, 0.25) is 0 Å². The average Bonchev–Trinajstić information content (AvgIpc) is 4.10. The van der Waals surface area contributed by atoms with Crippen LogP contribution in [0.3, 0.4) is 0 Å². The van der Waals surface area contributed by atoms with Crippen molar-refractivity contribution in [2.75, 3.05) is 4.90 Å². The number of fused-ring (bicyclic) bond motifs is 17. The Morgan fingerprint density at radius 1 is 0.292 bits per heavy atom. The lowest BCUT2D eigenvalue weighted by Crippen LogP contribution is -2.26. The molecule has 0 atom stereocenters. The van der Waals surface area contributed by atoms with Crippen molar-refractivity contribution in [1.29, 1.82) is 0 Å². The quantitative estimate of drug-likeness (QED) is 0.176. The van der Waals surface area contributed by atoms with E-state index in [-0.39, 0.29) is 0 Å². The van der Waals surface area contributed by atoms with E-state index >= 15 is 0 Å². The number of hydrogen-bond acceptors (Lipinski definition) is 2. The standard InChI is InChI=1S/C63H37NO/c1-3-21-44-39(17-1)41(48-26-14-27-49-45-22-8-12-33-58(45)65-62(48)49)35-37-55(44)64(57-36-34-38-16-13-25-46-40-18-2-4-23-47(40)61(57)59(38)46)56-32-15-31-54-60(56)50-24-7-11-30-53(50)63(54)51-28-9-5-19-42(51)43-20-6-10-29-52(43)63/h1-37H. The molecule has 3 aliphatic rings. The molecular weight excluding hydrogens is 787 g/mol. The molecule has 1 spiro atoms. The summed E-state index contributed by atoms with van der Waals surface area (Å²) in [6.07, 6.45) is 0. The van der Waals surface area contributed by atoms with E-state index in [0.717, 1.165) is 50.1 Å². The summed E-state index contributed by atoms with van der Waals surface area (Å²) in [5, 5.41) is 7.15. The van der Waals surface area contributed by atoms with Gasteiger partial charge >= 0.3 is 0 Å². The van der Waals surface area contributed by atoms with Gasteiger partial charge in [0.1, 0.15) is 11.2 Å². The Morgan fingerprint density at radius 2 is 0.831 bits per heavy atom. The molecule has 12 aromatic rings. The van der Waals surface area contributed by atoms with Gasteiger partial charge in [-0.05, 0) is 102 Å². The molecule has 65 heavy (non-hydrogen) atoms. The number of hydrogen-bond donors (Lipinski definition) is 0. The molecular formula is C63H37NO. The minimum absolute atomic E-state index is 0.474. The molecule has 2 nitrogen and oxygen atoms in total. The summed E-state index contributed by atoms with van der Waals surface area (Å²) in [5.41, 5.74) is 22.6. The Kier molecular flexibility index (Phi) is 6.91. The fourth-order valence-electron chi connectivity index (χ4n) is 12.4. The average molecular weight is 824 g/mol. The molecule has 0 saturated heterocycles. The van der Waals surface area contributed by atoms with Crippen LogP contribution in [0, 0.1) is 0 Å². The smallest absolute Gasteiger partial charge is 0.143 e. The van der Waals surface area contributed by atoms with Gasteiger partial charge in [0.2, 0.25) is 0 Å². The van der Waals surface area contributed by atoms with Crippen LogP contribution in [0.1, 0.15) is 22.3 Å². The van der Waals surface area contributed by atoms with E-state index in [2.05, 4.69) is 223 Å². The highest BCUT2D eigenvalue weighted by Gasteiger charge is 2.52. The van der Waals surface area contributed by atoms with Gasteiger partial charge < -0.3 is 9.32 Å². The number of rotatable bonds is 4. The van der Waals surface area contributed by atoms with Crippen molar-refractivity contribution in [3.05, 3.63) is 247 Å². The van der Waals surface area contributed by atoms with Crippen LogP contribution in [0.25, 0.3) is 99.1 Å². The third kappa shape index (κ3) is 4.43. The monoisotopic (exact) mass is 823 g/mol. The lowest BCUT2D eigenvalue weighted by Gasteiger charge is -2.33. The SMILES string of the molecule is c1ccc2c(c1)-c1cccc3ccc(N(c4cccc5c4-c4ccccc4C54c5ccccc5-c5ccccc54)c4ccc(-c5cccc6c5oc5ccccc56)c5ccccc45)c-2c13. The van der Waals surface area contributed by atoms with Crippen LogP contribution in [0.5, 0.6) is 0 Å². The van der Waals surface area contributed by atoms with E-state index in [1.165, 1.54) is 88.3 Å².